The van der Waals surface area contributed by atoms with Crippen LogP contribution in [0.4, 0.5) is 16.2 Å². The second kappa shape index (κ2) is 7.92. The third kappa shape index (κ3) is 4.24. The Balaban J connectivity index is 1.73. The molecule has 0 saturated carbocycles. The van der Waals surface area contributed by atoms with Crippen molar-refractivity contribution in [3.63, 3.8) is 0 Å². The monoisotopic (exact) mass is 339 g/mol. The van der Waals surface area contributed by atoms with E-state index in [0.29, 0.717) is 6.61 Å². The lowest BCUT2D eigenvalue weighted by molar-refractivity contribution is 0.243. The van der Waals surface area contributed by atoms with Gasteiger partial charge in [0.05, 0.1) is 6.61 Å². The summed E-state index contributed by atoms with van der Waals surface area (Å²) in [4.78, 5) is 13.8. The summed E-state index contributed by atoms with van der Waals surface area (Å²) >= 11 is 0. The Morgan fingerprint density at radius 3 is 2.88 bits per heavy atom. The van der Waals surface area contributed by atoms with Gasteiger partial charge in [0.2, 0.25) is 0 Å². The third-order valence-corrected chi connectivity index (χ3v) is 4.29. The molecule has 25 heavy (non-hydrogen) atoms. The van der Waals surface area contributed by atoms with Crippen LogP contribution in [0.3, 0.4) is 0 Å². The van der Waals surface area contributed by atoms with E-state index < -0.39 is 0 Å². The van der Waals surface area contributed by atoms with Gasteiger partial charge in [0.25, 0.3) is 0 Å². The zero-order chi connectivity index (χ0) is 17.6. The lowest BCUT2D eigenvalue weighted by Crippen LogP contribution is -2.46. The summed E-state index contributed by atoms with van der Waals surface area (Å²) in [7, 11) is 0. The number of urea groups is 1. The van der Waals surface area contributed by atoms with Gasteiger partial charge in [0.15, 0.2) is 0 Å². The first-order valence-electron chi connectivity index (χ1n) is 8.82. The van der Waals surface area contributed by atoms with Crippen molar-refractivity contribution in [3.8, 4) is 5.75 Å². The number of benzene rings is 2. The number of hydrogen-bond donors (Lipinski definition) is 2. The largest absolute Gasteiger partial charge is 0.494 e. The van der Waals surface area contributed by atoms with E-state index in [1.54, 1.807) is 4.90 Å². The summed E-state index contributed by atoms with van der Waals surface area (Å²) in [6.45, 7) is 6.26. The second-order valence-electron chi connectivity index (χ2n) is 6.16. The molecule has 2 aromatic carbocycles. The fourth-order valence-electron chi connectivity index (χ4n) is 3.01. The van der Waals surface area contributed by atoms with Gasteiger partial charge in [-0.2, -0.15) is 0 Å². The van der Waals surface area contributed by atoms with Gasteiger partial charge in [0, 0.05) is 30.5 Å². The maximum absolute atomic E-state index is 12.0. The molecule has 2 aromatic rings. The van der Waals surface area contributed by atoms with Crippen molar-refractivity contribution in [1.82, 2.24) is 5.32 Å². The van der Waals surface area contributed by atoms with Gasteiger partial charge in [-0.15, -0.1) is 0 Å². The molecule has 2 amide bonds. The standard InChI is InChI=1S/C20H25N3O2/c1-3-25-19-10-4-7-16(13-19)15(2)22-17-8-5-9-18(14-17)23-12-6-11-21-20(23)24/h4-5,7-10,13-15,22H,3,6,11-12H2,1-2H3,(H,21,24)/t15-/m0/s1. The van der Waals surface area contributed by atoms with Crippen molar-refractivity contribution in [3.05, 3.63) is 54.1 Å². The number of anilines is 2. The highest BCUT2D eigenvalue weighted by Gasteiger charge is 2.19. The molecule has 0 bridgehead atoms. The van der Waals surface area contributed by atoms with Crippen LogP contribution in [-0.2, 0) is 0 Å². The second-order valence-corrected chi connectivity index (χ2v) is 6.16. The van der Waals surface area contributed by atoms with Crippen LogP contribution in [0, 0.1) is 0 Å². The predicted molar refractivity (Wildman–Crippen MR) is 101 cm³/mol. The van der Waals surface area contributed by atoms with Crippen molar-refractivity contribution >= 4 is 17.4 Å². The zero-order valence-electron chi connectivity index (χ0n) is 14.8. The van der Waals surface area contributed by atoms with Crippen molar-refractivity contribution < 1.29 is 9.53 Å². The molecule has 1 heterocycles. The maximum atomic E-state index is 12.0. The Morgan fingerprint density at radius 1 is 1.24 bits per heavy atom. The molecule has 1 saturated heterocycles. The molecule has 5 heteroatoms. The Labute approximate surface area is 149 Å². The number of carbonyl (C=O) groups is 1. The van der Waals surface area contributed by atoms with E-state index in [1.165, 1.54) is 0 Å². The van der Waals surface area contributed by atoms with Crippen molar-refractivity contribution in [1.29, 1.82) is 0 Å². The fourth-order valence-corrected chi connectivity index (χ4v) is 3.01. The first-order valence-corrected chi connectivity index (χ1v) is 8.82. The third-order valence-electron chi connectivity index (χ3n) is 4.29. The molecule has 1 fully saturated rings. The normalized spacial score (nSPS) is 15.4. The minimum absolute atomic E-state index is 0.0270. The SMILES string of the molecule is CCOc1cccc([C@H](C)Nc2cccc(N3CCCNC3=O)c2)c1. The molecule has 132 valence electrons. The smallest absolute Gasteiger partial charge is 0.321 e. The molecule has 1 atom stereocenters. The van der Waals surface area contributed by atoms with E-state index in [0.717, 1.165) is 42.2 Å². The van der Waals surface area contributed by atoms with Gasteiger partial charge in [-0.1, -0.05) is 18.2 Å². The number of nitrogens with one attached hydrogen (secondary N) is 2. The van der Waals surface area contributed by atoms with Crippen LogP contribution in [-0.4, -0.2) is 25.7 Å². The summed E-state index contributed by atoms with van der Waals surface area (Å²) in [5.74, 6) is 0.882. The highest BCUT2D eigenvalue weighted by Crippen LogP contribution is 2.26. The molecule has 5 nitrogen and oxygen atoms in total. The van der Waals surface area contributed by atoms with Gasteiger partial charge >= 0.3 is 6.03 Å². The lowest BCUT2D eigenvalue weighted by Gasteiger charge is -2.28. The van der Waals surface area contributed by atoms with Gasteiger partial charge < -0.3 is 15.4 Å². The first-order chi connectivity index (χ1) is 12.2. The van der Waals surface area contributed by atoms with Crippen LogP contribution in [0.2, 0.25) is 0 Å². The molecule has 0 aromatic heterocycles. The van der Waals surface area contributed by atoms with E-state index >= 15 is 0 Å². The number of carbonyl (C=O) groups excluding carboxylic acids is 1. The summed E-state index contributed by atoms with van der Waals surface area (Å²) in [5, 5.41) is 6.40. The summed E-state index contributed by atoms with van der Waals surface area (Å²) < 4.78 is 5.58. The van der Waals surface area contributed by atoms with Crippen molar-refractivity contribution in [2.45, 2.75) is 26.3 Å². The fraction of sp³-hybridized carbons (Fsp3) is 0.350. The van der Waals surface area contributed by atoms with Gasteiger partial charge in [0.1, 0.15) is 5.75 Å². The quantitative estimate of drug-likeness (QED) is 0.830. The predicted octanol–water partition coefficient (Wildman–Crippen LogP) is 4.18. The Kier molecular flexibility index (Phi) is 5.43. The van der Waals surface area contributed by atoms with E-state index in [9.17, 15) is 4.79 Å². The van der Waals surface area contributed by atoms with Crippen LogP contribution >= 0.6 is 0 Å². The first kappa shape index (κ1) is 17.1. The van der Waals surface area contributed by atoms with Gasteiger partial charge in [-0.05, 0) is 56.2 Å². The molecule has 0 radical (unpaired) electrons. The Hall–Kier alpha value is -2.69. The van der Waals surface area contributed by atoms with Crippen LogP contribution in [0.15, 0.2) is 48.5 Å². The molecule has 1 aliphatic rings. The zero-order valence-corrected chi connectivity index (χ0v) is 14.8. The van der Waals surface area contributed by atoms with Crippen LogP contribution in [0.5, 0.6) is 5.75 Å². The van der Waals surface area contributed by atoms with Crippen molar-refractivity contribution in [2.75, 3.05) is 29.9 Å². The number of amides is 2. The minimum Gasteiger partial charge on any atom is -0.494 e. The van der Waals surface area contributed by atoms with E-state index in [1.807, 2.05) is 43.3 Å². The molecular weight excluding hydrogens is 314 g/mol. The highest BCUT2D eigenvalue weighted by molar-refractivity contribution is 5.93. The number of ether oxygens (including phenoxy) is 1. The summed E-state index contributed by atoms with van der Waals surface area (Å²) in [6, 6.07) is 16.2. The summed E-state index contributed by atoms with van der Waals surface area (Å²) in [6.07, 6.45) is 0.962. The summed E-state index contributed by atoms with van der Waals surface area (Å²) in [5.41, 5.74) is 3.06. The van der Waals surface area contributed by atoms with Crippen LogP contribution in [0.25, 0.3) is 0 Å². The topological polar surface area (TPSA) is 53.6 Å². The average molecular weight is 339 g/mol. The molecule has 3 rings (SSSR count). The van der Waals surface area contributed by atoms with Crippen molar-refractivity contribution in [2.24, 2.45) is 0 Å². The number of hydrogen-bond acceptors (Lipinski definition) is 3. The van der Waals surface area contributed by atoms with E-state index in [2.05, 4.69) is 29.7 Å². The number of rotatable bonds is 6. The Bertz CT molecular complexity index is 732. The molecular formula is C20H25N3O2. The highest BCUT2D eigenvalue weighted by atomic mass is 16.5. The van der Waals surface area contributed by atoms with E-state index in [-0.39, 0.29) is 12.1 Å². The van der Waals surface area contributed by atoms with Crippen LogP contribution in [0.1, 0.15) is 31.9 Å². The minimum atomic E-state index is -0.0270. The average Bonchev–Trinajstić information content (AvgIpc) is 2.63. The molecule has 1 aliphatic heterocycles. The molecule has 2 N–H and O–H groups in total. The molecule has 0 aliphatic carbocycles. The maximum Gasteiger partial charge on any atom is 0.321 e. The van der Waals surface area contributed by atoms with Gasteiger partial charge in [-0.3, -0.25) is 4.90 Å². The number of nitrogens with zero attached hydrogens (tertiary/aromatic N) is 1. The van der Waals surface area contributed by atoms with Gasteiger partial charge in [-0.25, -0.2) is 4.79 Å². The molecule has 0 spiro atoms. The Morgan fingerprint density at radius 2 is 2.08 bits per heavy atom. The molecule has 0 unspecified atom stereocenters. The van der Waals surface area contributed by atoms with Crippen LogP contribution < -0.4 is 20.3 Å². The van der Waals surface area contributed by atoms with E-state index in [4.69, 9.17) is 4.74 Å². The lowest BCUT2D eigenvalue weighted by atomic mass is 10.1.